The van der Waals surface area contributed by atoms with Crippen molar-refractivity contribution in [2.24, 2.45) is 0 Å². The fraction of sp³-hybridized carbons (Fsp3) is 0.0714. The molecule has 1 heterocycles. The summed E-state index contributed by atoms with van der Waals surface area (Å²) in [6.45, 7) is 0. The maximum atomic E-state index is 9.22. The van der Waals surface area contributed by atoms with E-state index < -0.39 is 7.12 Å². The third kappa shape index (κ3) is 2.29. The minimum atomic E-state index is -1.45. The lowest BCUT2D eigenvalue weighted by Crippen LogP contribution is -2.29. The van der Waals surface area contributed by atoms with Gasteiger partial charge in [0.2, 0.25) is 0 Å². The van der Waals surface area contributed by atoms with Gasteiger partial charge in [-0.1, -0.05) is 18.2 Å². The molecule has 0 spiro atoms. The Labute approximate surface area is 120 Å². The molecule has 20 heavy (non-hydrogen) atoms. The van der Waals surface area contributed by atoms with E-state index in [4.69, 9.17) is 0 Å². The summed E-state index contributed by atoms with van der Waals surface area (Å²) in [6.07, 6.45) is 0. The van der Waals surface area contributed by atoms with Crippen LogP contribution < -0.4 is 10.8 Å². The molecular formula is C14H13BN2O2S. The summed E-state index contributed by atoms with van der Waals surface area (Å²) in [5, 5.41) is 22.5. The molecule has 2 aromatic carbocycles. The highest BCUT2D eigenvalue weighted by molar-refractivity contribution is 7.21. The highest BCUT2D eigenvalue weighted by atomic mass is 32.1. The minimum Gasteiger partial charge on any atom is -0.423 e. The number of fused-ring (bicyclic) bond motifs is 1. The first-order valence-electron chi connectivity index (χ1n) is 6.23. The van der Waals surface area contributed by atoms with Crippen LogP contribution in [0.1, 0.15) is 0 Å². The van der Waals surface area contributed by atoms with Crippen molar-refractivity contribution in [3.05, 3.63) is 42.5 Å². The molecule has 3 N–H and O–H groups in total. The molecule has 0 amide bonds. The molecular weight excluding hydrogens is 271 g/mol. The smallest absolute Gasteiger partial charge is 0.423 e. The van der Waals surface area contributed by atoms with Gasteiger partial charge in [-0.3, -0.25) is 0 Å². The van der Waals surface area contributed by atoms with Crippen molar-refractivity contribution in [1.29, 1.82) is 0 Å². The van der Waals surface area contributed by atoms with E-state index in [9.17, 15) is 10.0 Å². The Kier molecular flexibility index (Phi) is 3.44. The molecule has 0 aliphatic rings. The van der Waals surface area contributed by atoms with Crippen LogP contribution in [0, 0.1) is 0 Å². The van der Waals surface area contributed by atoms with Crippen LogP contribution >= 0.6 is 11.3 Å². The maximum Gasteiger partial charge on any atom is 0.488 e. The average Bonchev–Trinajstić information content (AvgIpc) is 2.89. The quantitative estimate of drug-likeness (QED) is 0.640. The Morgan fingerprint density at radius 1 is 1.15 bits per heavy atom. The summed E-state index contributed by atoms with van der Waals surface area (Å²) in [5.41, 5.74) is 3.41. The van der Waals surface area contributed by atoms with Gasteiger partial charge in [0.15, 0.2) is 0 Å². The number of hydrogen-bond donors (Lipinski definition) is 3. The second-order valence-electron chi connectivity index (χ2n) is 4.42. The Hall–Kier alpha value is -1.89. The van der Waals surface area contributed by atoms with Crippen molar-refractivity contribution in [2.45, 2.75) is 0 Å². The van der Waals surface area contributed by atoms with Gasteiger partial charge in [0, 0.05) is 18.3 Å². The van der Waals surface area contributed by atoms with E-state index >= 15 is 0 Å². The van der Waals surface area contributed by atoms with Crippen LogP contribution in [0.4, 0.5) is 5.69 Å². The van der Waals surface area contributed by atoms with Gasteiger partial charge in [-0.15, -0.1) is 11.3 Å². The van der Waals surface area contributed by atoms with E-state index in [1.807, 2.05) is 37.4 Å². The molecule has 3 rings (SSSR count). The molecule has 0 aliphatic carbocycles. The van der Waals surface area contributed by atoms with Crippen molar-refractivity contribution in [1.82, 2.24) is 4.98 Å². The first-order chi connectivity index (χ1) is 9.69. The second kappa shape index (κ2) is 5.24. The maximum absolute atomic E-state index is 9.22. The van der Waals surface area contributed by atoms with Gasteiger partial charge in [0.1, 0.15) is 5.01 Å². The third-order valence-corrected chi connectivity index (χ3v) is 4.19. The molecule has 3 aromatic rings. The van der Waals surface area contributed by atoms with Gasteiger partial charge in [-0.2, -0.15) is 0 Å². The Morgan fingerprint density at radius 2 is 1.95 bits per heavy atom. The van der Waals surface area contributed by atoms with Crippen LogP contribution in [0.5, 0.6) is 0 Å². The zero-order valence-corrected chi connectivity index (χ0v) is 11.7. The molecule has 4 nitrogen and oxygen atoms in total. The van der Waals surface area contributed by atoms with Crippen molar-refractivity contribution in [2.75, 3.05) is 12.4 Å². The van der Waals surface area contributed by atoms with E-state index in [2.05, 4.69) is 10.3 Å². The van der Waals surface area contributed by atoms with Gasteiger partial charge in [0.25, 0.3) is 0 Å². The molecule has 0 radical (unpaired) electrons. The van der Waals surface area contributed by atoms with E-state index in [1.54, 1.807) is 12.1 Å². The van der Waals surface area contributed by atoms with Crippen molar-refractivity contribution < 1.29 is 10.0 Å². The molecule has 6 heteroatoms. The number of benzene rings is 2. The average molecular weight is 284 g/mol. The summed E-state index contributed by atoms with van der Waals surface area (Å²) in [4.78, 5) is 4.61. The monoisotopic (exact) mass is 284 g/mol. The van der Waals surface area contributed by atoms with Gasteiger partial charge in [0.05, 0.1) is 10.2 Å². The Balaban J connectivity index is 2.13. The zero-order chi connectivity index (χ0) is 14.1. The number of nitrogens with zero attached hydrogens (tertiary/aromatic N) is 1. The van der Waals surface area contributed by atoms with E-state index in [1.165, 1.54) is 11.3 Å². The number of nitrogens with one attached hydrogen (secondary N) is 1. The second-order valence-corrected chi connectivity index (χ2v) is 5.45. The molecule has 0 unspecified atom stereocenters. The van der Waals surface area contributed by atoms with Crippen LogP contribution in [0.3, 0.4) is 0 Å². The predicted octanol–water partition coefficient (Wildman–Crippen LogP) is 1.68. The summed E-state index contributed by atoms with van der Waals surface area (Å²) in [6, 6.07) is 13.2. The van der Waals surface area contributed by atoms with Crippen LogP contribution in [0.25, 0.3) is 20.8 Å². The fourth-order valence-electron chi connectivity index (χ4n) is 2.10. The first kappa shape index (κ1) is 13.1. The number of aromatic nitrogens is 1. The first-order valence-corrected chi connectivity index (χ1v) is 7.04. The summed E-state index contributed by atoms with van der Waals surface area (Å²) < 4.78 is 0.941. The largest absolute Gasteiger partial charge is 0.488 e. The Bertz CT molecular complexity index is 758. The SMILES string of the molecule is CNc1ccccc1-c1nc2ccc(B(O)O)cc2s1. The lowest BCUT2D eigenvalue weighted by atomic mass is 9.80. The van der Waals surface area contributed by atoms with Gasteiger partial charge < -0.3 is 15.4 Å². The van der Waals surface area contributed by atoms with E-state index in [0.717, 1.165) is 26.5 Å². The third-order valence-electron chi connectivity index (χ3n) is 3.14. The highest BCUT2D eigenvalue weighted by Crippen LogP contribution is 2.33. The zero-order valence-electron chi connectivity index (χ0n) is 10.9. The molecule has 0 saturated carbocycles. The Morgan fingerprint density at radius 3 is 2.70 bits per heavy atom. The van der Waals surface area contributed by atoms with Crippen LogP contribution in [-0.4, -0.2) is 29.2 Å². The van der Waals surface area contributed by atoms with E-state index in [-0.39, 0.29) is 0 Å². The van der Waals surface area contributed by atoms with Gasteiger partial charge >= 0.3 is 7.12 Å². The summed E-state index contributed by atoms with van der Waals surface area (Å²) >= 11 is 1.54. The van der Waals surface area contributed by atoms with Crippen LogP contribution in [-0.2, 0) is 0 Å². The van der Waals surface area contributed by atoms with Crippen LogP contribution in [0.15, 0.2) is 42.5 Å². The summed E-state index contributed by atoms with van der Waals surface area (Å²) in [7, 11) is 0.432. The van der Waals surface area contributed by atoms with Crippen molar-refractivity contribution in [3.8, 4) is 10.6 Å². The fourth-order valence-corrected chi connectivity index (χ4v) is 3.16. The number of thiazole rings is 1. The molecule has 0 atom stereocenters. The molecule has 0 saturated heterocycles. The highest BCUT2D eigenvalue weighted by Gasteiger charge is 2.14. The summed E-state index contributed by atoms with van der Waals surface area (Å²) in [5.74, 6) is 0. The predicted molar refractivity (Wildman–Crippen MR) is 84.4 cm³/mol. The standard InChI is InChI=1S/C14H13BN2O2S/c1-16-11-5-3-2-4-10(11)14-17-12-7-6-9(15(18)19)8-13(12)20-14/h2-8,16,18-19H,1H3. The van der Waals surface area contributed by atoms with Gasteiger partial charge in [-0.25, -0.2) is 4.98 Å². The molecule has 0 aliphatic heterocycles. The number of rotatable bonds is 3. The number of anilines is 1. The normalized spacial score (nSPS) is 10.8. The minimum absolute atomic E-state index is 0.481. The molecule has 0 fully saturated rings. The number of hydrogen-bond acceptors (Lipinski definition) is 5. The lowest BCUT2D eigenvalue weighted by molar-refractivity contribution is 0.426. The molecule has 100 valence electrons. The van der Waals surface area contributed by atoms with Crippen molar-refractivity contribution in [3.63, 3.8) is 0 Å². The lowest BCUT2D eigenvalue weighted by Gasteiger charge is -2.04. The molecule has 1 aromatic heterocycles. The topological polar surface area (TPSA) is 65.4 Å². The molecule has 0 bridgehead atoms. The van der Waals surface area contributed by atoms with Gasteiger partial charge in [-0.05, 0) is 29.7 Å². The van der Waals surface area contributed by atoms with E-state index in [0.29, 0.717) is 5.46 Å². The van der Waals surface area contributed by atoms with Crippen molar-refractivity contribution >= 4 is 39.8 Å². The number of para-hydroxylation sites is 1. The van der Waals surface area contributed by atoms with Crippen LogP contribution in [0.2, 0.25) is 0 Å².